The average Bonchev–Trinajstić information content (AvgIpc) is 1.98. The van der Waals surface area contributed by atoms with Gasteiger partial charge in [-0.1, -0.05) is 6.92 Å². The van der Waals surface area contributed by atoms with E-state index in [1.54, 1.807) is 6.92 Å². The number of amides is 1. The van der Waals surface area contributed by atoms with Crippen molar-refractivity contribution >= 4 is 5.91 Å². The molecule has 0 atom stereocenters. The van der Waals surface area contributed by atoms with Crippen molar-refractivity contribution in [1.82, 2.24) is 5.32 Å². The molecule has 0 saturated carbocycles. The van der Waals surface area contributed by atoms with Crippen molar-refractivity contribution in [2.75, 3.05) is 6.54 Å². The maximum Gasteiger partial charge on any atom is 0.246 e. The van der Waals surface area contributed by atoms with Crippen LogP contribution in [0.1, 0.15) is 27.2 Å². The van der Waals surface area contributed by atoms with Gasteiger partial charge < -0.3 is 11.1 Å². The van der Waals surface area contributed by atoms with E-state index >= 15 is 0 Å². The van der Waals surface area contributed by atoms with E-state index in [0.717, 1.165) is 18.7 Å². The first-order valence-electron chi connectivity index (χ1n) is 3.86. The van der Waals surface area contributed by atoms with Gasteiger partial charge >= 0.3 is 0 Å². The molecular weight excluding hydrogens is 140 g/mol. The highest BCUT2D eigenvalue weighted by Gasteiger charge is 2.03. The molecule has 1 amide bonds. The van der Waals surface area contributed by atoms with Crippen molar-refractivity contribution in [1.29, 1.82) is 0 Å². The lowest BCUT2D eigenvalue weighted by Gasteiger charge is -2.08. The lowest BCUT2D eigenvalue weighted by Crippen LogP contribution is -2.20. The molecule has 64 valence electrons. The third-order valence-electron chi connectivity index (χ3n) is 1.57. The van der Waals surface area contributed by atoms with Crippen molar-refractivity contribution in [3.63, 3.8) is 0 Å². The molecule has 3 nitrogen and oxygen atoms in total. The quantitative estimate of drug-likeness (QED) is 0.590. The summed E-state index contributed by atoms with van der Waals surface area (Å²) < 4.78 is 0. The number of allylic oxidation sites excluding steroid dienone is 1. The predicted octanol–water partition coefficient (Wildman–Crippen LogP) is 0.765. The van der Waals surface area contributed by atoms with Gasteiger partial charge in [0.05, 0.1) is 0 Å². The fourth-order valence-electron chi connectivity index (χ4n) is 0.885. The van der Waals surface area contributed by atoms with E-state index in [1.165, 1.54) is 0 Å². The molecule has 0 aliphatic carbocycles. The Morgan fingerprint density at radius 2 is 2.00 bits per heavy atom. The number of rotatable bonds is 4. The Kier molecular flexibility index (Phi) is 4.34. The number of nitrogens with two attached hydrogens (primary N) is 1. The molecule has 0 unspecified atom stereocenters. The van der Waals surface area contributed by atoms with Crippen molar-refractivity contribution in [2.45, 2.75) is 27.2 Å². The Hall–Kier alpha value is -0.990. The highest BCUT2D eigenvalue weighted by Crippen LogP contribution is 2.03. The number of carbonyl (C=O) groups excluding carboxylic acids is 1. The summed E-state index contributed by atoms with van der Waals surface area (Å²) >= 11 is 0. The second-order valence-electron chi connectivity index (χ2n) is 2.35. The Balaban J connectivity index is 4.39. The van der Waals surface area contributed by atoms with Crippen LogP contribution in [0, 0.1) is 0 Å². The lowest BCUT2D eigenvalue weighted by atomic mass is 10.2. The van der Waals surface area contributed by atoms with E-state index in [2.05, 4.69) is 5.32 Å². The van der Waals surface area contributed by atoms with E-state index in [9.17, 15) is 4.79 Å². The van der Waals surface area contributed by atoms with Crippen LogP contribution in [0.15, 0.2) is 11.3 Å². The molecule has 0 heterocycles. The van der Waals surface area contributed by atoms with E-state index in [4.69, 9.17) is 5.73 Å². The van der Waals surface area contributed by atoms with Crippen molar-refractivity contribution in [3.05, 3.63) is 11.3 Å². The van der Waals surface area contributed by atoms with Crippen LogP contribution in [0.3, 0.4) is 0 Å². The van der Waals surface area contributed by atoms with Gasteiger partial charge in [-0.25, -0.2) is 0 Å². The molecule has 0 aliphatic heterocycles. The molecular formula is C8H16N2O. The number of hydrogen-bond donors (Lipinski definition) is 2. The molecule has 3 N–H and O–H groups in total. The third-order valence-corrected chi connectivity index (χ3v) is 1.57. The minimum atomic E-state index is -0.345. The van der Waals surface area contributed by atoms with Crippen molar-refractivity contribution in [2.24, 2.45) is 5.73 Å². The van der Waals surface area contributed by atoms with Gasteiger partial charge in [0, 0.05) is 17.8 Å². The largest absolute Gasteiger partial charge is 0.388 e. The molecule has 0 aromatic carbocycles. The van der Waals surface area contributed by atoms with Gasteiger partial charge in [0.15, 0.2) is 0 Å². The average molecular weight is 156 g/mol. The highest BCUT2D eigenvalue weighted by molar-refractivity contribution is 5.91. The molecule has 0 rings (SSSR count). The Morgan fingerprint density at radius 1 is 1.45 bits per heavy atom. The lowest BCUT2D eigenvalue weighted by molar-refractivity contribution is -0.114. The maximum absolute atomic E-state index is 10.7. The number of hydrogen-bond acceptors (Lipinski definition) is 2. The summed E-state index contributed by atoms with van der Waals surface area (Å²) in [6.07, 6.45) is 0.822. The van der Waals surface area contributed by atoms with Crippen molar-refractivity contribution in [3.8, 4) is 0 Å². The Labute approximate surface area is 67.7 Å². The maximum atomic E-state index is 10.7. The molecule has 3 heteroatoms. The SMILES string of the molecule is CCN/C(CC)=C(\C)C(N)=O. The standard InChI is InChI=1S/C8H16N2O/c1-4-7(10-5-2)6(3)8(9)11/h10H,4-5H2,1-3H3,(H2,9,11)/b7-6+. The first-order valence-corrected chi connectivity index (χ1v) is 3.86. The summed E-state index contributed by atoms with van der Waals surface area (Å²) in [5, 5.41) is 3.09. The fourth-order valence-corrected chi connectivity index (χ4v) is 0.885. The molecule has 0 aromatic heterocycles. The highest BCUT2D eigenvalue weighted by atomic mass is 16.1. The second-order valence-corrected chi connectivity index (χ2v) is 2.35. The van der Waals surface area contributed by atoms with Crippen LogP contribution in [-0.2, 0) is 4.79 Å². The Morgan fingerprint density at radius 3 is 2.27 bits per heavy atom. The topological polar surface area (TPSA) is 55.1 Å². The van der Waals surface area contributed by atoms with Gasteiger partial charge in [-0.3, -0.25) is 4.79 Å². The summed E-state index contributed by atoms with van der Waals surface area (Å²) in [7, 11) is 0. The second kappa shape index (κ2) is 4.77. The molecule has 0 saturated heterocycles. The van der Waals surface area contributed by atoms with Gasteiger partial charge in [0.2, 0.25) is 5.91 Å². The van der Waals surface area contributed by atoms with Crippen LogP contribution < -0.4 is 11.1 Å². The van der Waals surface area contributed by atoms with Crippen molar-refractivity contribution < 1.29 is 4.79 Å². The fraction of sp³-hybridized carbons (Fsp3) is 0.625. The van der Waals surface area contributed by atoms with Crippen LogP contribution in [0.2, 0.25) is 0 Å². The molecule has 0 aromatic rings. The first kappa shape index (κ1) is 10.0. The smallest absolute Gasteiger partial charge is 0.246 e. The molecule has 11 heavy (non-hydrogen) atoms. The number of nitrogens with one attached hydrogen (secondary N) is 1. The number of carbonyl (C=O) groups is 1. The van der Waals surface area contributed by atoms with Crippen LogP contribution in [0.4, 0.5) is 0 Å². The molecule has 0 bridgehead atoms. The van der Waals surface area contributed by atoms with E-state index < -0.39 is 0 Å². The van der Waals surface area contributed by atoms with Gasteiger partial charge in [0.1, 0.15) is 0 Å². The van der Waals surface area contributed by atoms with Crippen LogP contribution in [0.5, 0.6) is 0 Å². The molecule has 0 fully saturated rings. The minimum absolute atomic E-state index is 0.345. The summed E-state index contributed by atoms with van der Waals surface area (Å²) in [4.78, 5) is 10.7. The zero-order valence-corrected chi connectivity index (χ0v) is 7.40. The summed E-state index contributed by atoms with van der Waals surface area (Å²) in [6, 6.07) is 0. The monoisotopic (exact) mass is 156 g/mol. The van der Waals surface area contributed by atoms with Gasteiger partial charge in [-0.2, -0.15) is 0 Å². The van der Waals surface area contributed by atoms with Gasteiger partial charge in [-0.05, 0) is 20.3 Å². The van der Waals surface area contributed by atoms with E-state index in [0.29, 0.717) is 5.57 Å². The molecule has 0 radical (unpaired) electrons. The molecule has 0 aliphatic rings. The van der Waals surface area contributed by atoms with Gasteiger partial charge in [0.25, 0.3) is 0 Å². The molecule has 0 spiro atoms. The van der Waals surface area contributed by atoms with Crippen LogP contribution in [0.25, 0.3) is 0 Å². The van der Waals surface area contributed by atoms with E-state index in [1.807, 2.05) is 13.8 Å². The van der Waals surface area contributed by atoms with Crippen LogP contribution >= 0.6 is 0 Å². The zero-order valence-electron chi connectivity index (χ0n) is 7.40. The zero-order chi connectivity index (χ0) is 8.85. The Bertz CT molecular complexity index is 173. The first-order chi connectivity index (χ1) is 5.13. The third kappa shape index (κ3) is 3.07. The summed E-state index contributed by atoms with van der Waals surface area (Å²) in [6.45, 7) is 6.55. The number of primary amides is 1. The normalized spacial score (nSPS) is 12.3. The predicted molar refractivity (Wildman–Crippen MR) is 45.9 cm³/mol. The summed E-state index contributed by atoms with van der Waals surface area (Å²) in [5.41, 5.74) is 6.68. The summed E-state index contributed by atoms with van der Waals surface area (Å²) in [5.74, 6) is -0.345. The van der Waals surface area contributed by atoms with E-state index in [-0.39, 0.29) is 5.91 Å². The minimum Gasteiger partial charge on any atom is -0.388 e. The van der Waals surface area contributed by atoms with Gasteiger partial charge in [-0.15, -0.1) is 0 Å². The van der Waals surface area contributed by atoms with Crippen LogP contribution in [-0.4, -0.2) is 12.5 Å².